The fourth-order valence-electron chi connectivity index (χ4n) is 2.52. The molecule has 0 aliphatic carbocycles. The van der Waals surface area contributed by atoms with Gasteiger partial charge in [-0.05, 0) is 23.6 Å². The maximum atomic E-state index is 13.2. The Morgan fingerprint density at radius 2 is 1.95 bits per heavy atom. The van der Waals surface area contributed by atoms with E-state index >= 15 is 0 Å². The lowest BCUT2D eigenvalue weighted by atomic mass is 10.0. The molecule has 1 atom stereocenters. The van der Waals surface area contributed by atoms with E-state index in [1.165, 1.54) is 6.07 Å². The Labute approximate surface area is 125 Å². The van der Waals surface area contributed by atoms with Crippen LogP contribution in [0.15, 0.2) is 24.3 Å². The van der Waals surface area contributed by atoms with Crippen LogP contribution in [0.3, 0.4) is 0 Å². The minimum Gasteiger partial charge on any atom is -0.339 e. The molecule has 0 spiro atoms. The lowest BCUT2D eigenvalue weighted by Crippen LogP contribution is -2.54. The molecule has 1 heterocycles. The maximum absolute atomic E-state index is 13.2. The van der Waals surface area contributed by atoms with Gasteiger partial charge in [-0.15, -0.1) is 0 Å². The highest BCUT2D eigenvalue weighted by molar-refractivity contribution is 5.82. The Bertz CT molecular complexity index is 484. The first-order valence-electron chi connectivity index (χ1n) is 7.48. The second kappa shape index (κ2) is 7.00. The van der Waals surface area contributed by atoms with Crippen LogP contribution < -0.4 is 5.73 Å². The number of benzene rings is 1. The fourth-order valence-corrected chi connectivity index (χ4v) is 2.52. The Morgan fingerprint density at radius 1 is 1.29 bits per heavy atom. The van der Waals surface area contributed by atoms with Crippen LogP contribution in [0.25, 0.3) is 0 Å². The van der Waals surface area contributed by atoms with E-state index in [4.69, 9.17) is 5.73 Å². The molecule has 0 unspecified atom stereocenters. The first kappa shape index (κ1) is 15.9. The highest BCUT2D eigenvalue weighted by Crippen LogP contribution is 2.12. The van der Waals surface area contributed by atoms with Crippen molar-refractivity contribution in [2.45, 2.75) is 26.4 Å². The summed E-state index contributed by atoms with van der Waals surface area (Å²) in [5, 5.41) is 0. The molecule has 1 fully saturated rings. The molecule has 0 radical (unpaired) electrons. The van der Waals surface area contributed by atoms with E-state index in [1.54, 1.807) is 12.1 Å². The molecule has 21 heavy (non-hydrogen) atoms. The van der Waals surface area contributed by atoms with Crippen molar-refractivity contribution < 1.29 is 9.18 Å². The van der Waals surface area contributed by atoms with Gasteiger partial charge in [-0.1, -0.05) is 26.0 Å². The molecule has 0 saturated carbocycles. The number of hydrogen-bond acceptors (Lipinski definition) is 3. The lowest BCUT2D eigenvalue weighted by Gasteiger charge is -2.36. The van der Waals surface area contributed by atoms with Gasteiger partial charge in [0.05, 0.1) is 6.04 Å². The average molecular weight is 293 g/mol. The molecule has 5 heteroatoms. The predicted molar refractivity (Wildman–Crippen MR) is 81.1 cm³/mol. The first-order valence-corrected chi connectivity index (χ1v) is 7.48. The van der Waals surface area contributed by atoms with Crippen LogP contribution in [0.4, 0.5) is 4.39 Å². The summed E-state index contributed by atoms with van der Waals surface area (Å²) >= 11 is 0. The van der Waals surface area contributed by atoms with Gasteiger partial charge in [0.1, 0.15) is 5.82 Å². The summed E-state index contributed by atoms with van der Waals surface area (Å²) in [6.07, 6.45) is 0. The predicted octanol–water partition coefficient (Wildman–Crippen LogP) is 1.45. The summed E-state index contributed by atoms with van der Waals surface area (Å²) < 4.78 is 13.2. The minimum absolute atomic E-state index is 0.0374. The van der Waals surface area contributed by atoms with Gasteiger partial charge in [-0.25, -0.2) is 4.39 Å². The van der Waals surface area contributed by atoms with Crippen LogP contribution in [-0.2, 0) is 11.3 Å². The third-order valence-corrected chi connectivity index (χ3v) is 3.98. The monoisotopic (exact) mass is 293 g/mol. The zero-order valence-electron chi connectivity index (χ0n) is 12.8. The molecule has 1 aliphatic heterocycles. The van der Waals surface area contributed by atoms with Crippen LogP contribution in [0.2, 0.25) is 0 Å². The minimum atomic E-state index is -0.417. The molecule has 4 nitrogen and oxygen atoms in total. The van der Waals surface area contributed by atoms with Gasteiger partial charge in [0, 0.05) is 32.7 Å². The second-order valence-corrected chi connectivity index (χ2v) is 6.00. The van der Waals surface area contributed by atoms with Crippen LogP contribution >= 0.6 is 0 Å². The van der Waals surface area contributed by atoms with Crippen LogP contribution in [0.1, 0.15) is 19.4 Å². The van der Waals surface area contributed by atoms with Crippen molar-refractivity contribution in [3.8, 4) is 0 Å². The number of hydrogen-bond donors (Lipinski definition) is 1. The smallest absolute Gasteiger partial charge is 0.239 e. The molecule has 1 aromatic rings. The Hall–Kier alpha value is -1.46. The number of halogens is 1. The fraction of sp³-hybridized carbons (Fsp3) is 0.562. The van der Waals surface area contributed by atoms with Crippen molar-refractivity contribution in [1.82, 2.24) is 9.80 Å². The summed E-state index contributed by atoms with van der Waals surface area (Å²) in [6, 6.07) is 6.25. The topological polar surface area (TPSA) is 49.6 Å². The Balaban J connectivity index is 1.84. The van der Waals surface area contributed by atoms with E-state index in [9.17, 15) is 9.18 Å². The number of nitrogens with two attached hydrogens (primary N) is 1. The molecule has 1 amide bonds. The number of nitrogens with zero attached hydrogens (tertiary/aromatic N) is 2. The number of amides is 1. The zero-order valence-corrected chi connectivity index (χ0v) is 12.8. The molecule has 2 N–H and O–H groups in total. The molecule has 2 rings (SSSR count). The number of piperazine rings is 1. The number of rotatable bonds is 4. The second-order valence-electron chi connectivity index (χ2n) is 6.00. The van der Waals surface area contributed by atoms with E-state index in [2.05, 4.69) is 4.90 Å². The van der Waals surface area contributed by atoms with Gasteiger partial charge in [-0.3, -0.25) is 9.69 Å². The standard InChI is InChI=1S/C16H24FN3O/c1-12(2)15(18)16(21)20-8-6-19(7-9-20)11-13-4-3-5-14(17)10-13/h3-5,10,12,15H,6-9,11,18H2,1-2H3/t15-/m0/s1. The SMILES string of the molecule is CC(C)[C@H](N)C(=O)N1CCN(Cc2cccc(F)c2)CC1. The maximum Gasteiger partial charge on any atom is 0.239 e. The zero-order chi connectivity index (χ0) is 15.4. The first-order chi connectivity index (χ1) is 9.97. The van der Waals surface area contributed by atoms with Crippen molar-refractivity contribution in [2.75, 3.05) is 26.2 Å². The third kappa shape index (κ3) is 4.25. The van der Waals surface area contributed by atoms with Gasteiger partial charge in [0.15, 0.2) is 0 Å². The van der Waals surface area contributed by atoms with Crippen molar-refractivity contribution in [3.05, 3.63) is 35.6 Å². The summed E-state index contributed by atoms with van der Waals surface area (Å²) in [5.74, 6) is -0.0116. The molecule has 0 aromatic heterocycles. The quantitative estimate of drug-likeness (QED) is 0.914. The summed E-state index contributed by atoms with van der Waals surface area (Å²) in [6.45, 7) is 7.62. The summed E-state index contributed by atoms with van der Waals surface area (Å²) in [4.78, 5) is 16.3. The molecule has 1 saturated heterocycles. The van der Waals surface area contributed by atoms with Gasteiger partial charge in [0.25, 0.3) is 0 Å². The van der Waals surface area contributed by atoms with E-state index in [0.717, 1.165) is 25.2 Å². The highest BCUT2D eigenvalue weighted by Gasteiger charge is 2.26. The van der Waals surface area contributed by atoms with Gasteiger partial charge in [0.2, 0.25) is 5.91 Å². The number of carbonyl (C=O) groups excluding carboxylic acids is 1. The van der Waals surface area contributed by atoms with Crippen LogP contribution in [-0.4, -0.2) is 47.9 Å². The molecule has 0 bridgehead atoms. The van der Waals surface area contributed by atoms with E-state index in [-0.39, 0.29) is 17.6 Å². The molecule has 1 aliphatic rings. The van der Waals surface area contributed by atoms with E-state index < -0.39 is 6.04 Å². The highest BCUT2D eigenvalue weighted by atomic mass is 19.1. The van der Waals surface area contributed by atoms with E-state index in [0.29, 0.717) is 13.1 Å². The third-order valence-electron chi connectivity index (χ3n) is 3.98. The lowest BCUT2D eigenvalue weighted by molar-refractivity contribution is -0.135. The molecule has 1 aromatic carbocycles. The van der Waals surface area contributed by atoms with Crippen molar-refractivity contribution >= 4 is 5.91 Å². The Morgan fingerprint density at radius 3 is 2.52 bits per heavy atom. The summed E-state index contributed by atoms with van der Waals surface area (Å²) in [7, 11) is 0. The van der Waals surface area contributed by atoms with Gasteiger partial charge in [-0.2, -0.15) is 0 Å². The molecular formula is C16H24FN3O. The Kier molecular flexibility index (Phi) is 5.31. The van der Waals surface area contributed by atoms with Crippen molar-refractivity contribution in [1.29, 1.82) is 0 Å². The van der Waals surface area contributed by atoms with Crippen molar-refractivity contribution in [3.63, 3.8) is 0 Å². The van der Waals surface area contributed by atoms with Gasteiger partial charge < -0.3 is 10.6 Å². The molecule has 116 valence electrons. The van der Waals surface area contributed by atoms with Crippen molar-refractivity contribution in [2.24, 2.45) is 11.7 Å². The van der Waals surface area contributed by atoms with E-state index in [1.807, 2.05) is 24.8 Å². The van der Waals surface area contributed by atoms with Gasteiger partial charge >= 0.3 is 0 Å². The summed E-state index contributed by atoms with van der Waals surface area (Å²) in [5.41, 5.74) is 6.89. The van der Waals surface area contributed by atoms with Crippen LogP contribution in [0.5, 0.6) is 0 Å². The molecular weight excluding hydrogens is 269 g/mol. The number of carbonyl (C=O) groups is 1. The van der Waals surface area contributed by atoms with Crippen LogP contribution in [0, 0.1) is 11.7 Å². The average Bonchev–Trinajstić information content (AvgIpc) is 2.46. The largest absolute Gasteiger partial charge is 0.339 e. The normalized spacial score (nSPS) is 18.0.